The molecular weight excluding hydrogens is 242 g/mol. The van der Waals surface area contributed by atoms with E-state index in [1.54, 1.807) is 11.3 Å². The number of nitrogens with zero attached hydrogens (tertiary/aromatic N) is 1. The Balaban J connectivity index is 2.19. The summed E-state index contributed by atoms with van der Waals surface area (Å²) in [6.07, 6.45) is 4.40. The highest BCUT2D eigenvalue weighted by Gasteiger charge is 2.42. The first-order valence-corrected chi connectivity index (χ1v) is 7.64. The molecule has 1 fully saturated rings. The van der Waals surface area contributed by atoms with Crippen LogP contribution < -0.4 is 0 Å². The van der Waals surface area contributed by atoms with Crippen LogP contribution in [0.15, 0.2) is 11.4 Å². The van der Waals surface area contributed by atoms with E-state index in [1.807, 2.05) is 18.4 Å². The summed E-state index contributed by atoms with van der Waals surface area (Å²) in [6, 6.07) is 4.45. The lowest BCUT2D eigenvalue weighted by Gasteiger charge is -2.38. The van der Waals surface area contributed by atoms with Gasteiger partial charge in [0.25, 0.3) is 0 Å². The molecule has 1 aromatic heterocycles. The molecule has 2 rings (SSSR count). The van der Waals surface area contributed by atoms with Crippen LogP contribution in [0.4, 0.5) is 0 Å². The SMILES string of the molecule is CCC1CCC(C#N)(C(O)c2sccc2C)CC1. The normalized spacial score (nSPS) is 29.8. The lowest BCUT2D eigenvalue weighted by atomic mass is 9.67. The first-order chi connectivity index (χ1) is 8.63. The third kappa shape index (κ3) is 2.32. The Kier molecular flexibility index (Phi) is 4.09. The van der Waals surface area contributed by atoms with Gasteiger partial charge in [0.1, 0.15) is 6.10 Å². The fraction of sp³-hybridized carbons (Fsp3) is 0.667. The fourth-order valence-electron chi connectivity index (χ4n) is 2.96. The first-order valence-electron chi connectivity index (χ1n) is 6.76. The molecule has 1 atom stereocenters. The zero-order chi connectivity index (χ0) is 13.2. The molecule has 3 heteroatoms. The molecule has 1 N–H and O–H groups in total. The van der Waals surface area contributed by atoms with Gasteiger partial charge < -0.3 is 5.11 Å². The van der Waals surface area contributed by atoms with E-state index < -0.39 is 11.5 Å². The van der Waals surface area contributed by atoms with Gasteiger partial charge in [-0.15, -0.1) is 11.3 Å². The Bertz CT molecular complexity index is 438. The minimum atomic E-state index is -0.611. The van der Waals surface area contributed by atoms with Gasteiger partial charge in [-0.3, -0.25) is 0 Å². The second-order valence-corrected chi connectivity index (χ2v) is 6.44. The number of hydrogen-bond acceptors (Lipinski definition) is 3. The van der Waals surface area contributed by atoms with Gasteiger partial charge in [0, 0.05) is 4.88 Å². The van der Waals surface area contributed by atoms with Crippen molar-refractivity contribution in [3.8, 4) is 6.07 Å². The van der Waals surface area contributed by atoms with E-state index in [4.69, 9.17) is 0 Å². The lowest BCUT2D eigenvalue weighted by Crippen LogP contribution is -2.32. The van der Waals surface area contributed by atoms with E-state index in [1.165, 1.54) is 6.42 Å². The van der Waals surface area contributed by atoms with Crippen molar-refractivity contribution in [2.45, 2.75) is 52.1 Å². The number of hydrogen-bond donors (Lipinski definition) is 1. The molecule has 1 heterocycles. The molecule has 0 amide bonds. The number of rotatable bonds is 3. The summed E-state index contributed by atoms with van der Waals surface area (Å²) in [4.78, 5) is 0.978. The molecule has 1 aliphatic carbocycles. The van der Waals surface area contributed by atoms with Gasteiger partial charge in [-0.05, 0) is 55.5 Å². The molecule has 0 aliphatic heterocycles. The van der Waals surface area contributed by atoms with Gasteiger partial charge in [-0.25, -0.2) is 0 Å². The van der Waals surface area contributed by atoms with E-state index in [0.29, 0.717) is 0 Å². The highest BCUT2D eigenvalue weighted by atomic mass is 32.1. The van der Waals surface area contributed by atoms with Gasteiger partial charge in [0.15, 0.2) is 0 Å². The van der Waals surface area contributed by atoms with Crippen LogP contribution in [0.25, 0.3) is 0 Å². The second-order valence-electron chi connectivity index (χ2n) is 5.49. The molecule has 1 aromatic rings. The molecular formula is C15H21NOS. The molecule has 1 unspecified atom stereocenters. The number of aryl methyl sites for hydroxylation is 1. The largest absolute Gasteiger partial charge is 0.386 e. The van der Waals surface area contributed by atoms with Crippen LogP contribution >= 0.6 is 11.3 Å². The van der Waals surface area contributed by atoms with Crippen molar-refractivity contribution in [2.75, 3.05) is 0 Å². The fourth-order valence-corrected chi connectivity index (χ4v) is 3.99. The van der Waals surface area contributed by atoms with Gasteiger partial charge in [0.2, 0.25) is 0 Å². The number of nitriles is 1. The Morgan fingerprint density at radius 1 is 1.56 bits per heavy atom. The van der Waals surface area contributed by atoms with Crippen molar-refractivity contribution in [3.63, 3.8) is 0 Å². The van der Waals surface area contributed by atoms with Crippen LogP contribution in [0.1, 0.15) is 55.6 Å². The van der Waals surface area contributed by atoms with E-state index in [2.05, 4.69) is 13.0 Å². The average molecular weight is 263 g/mol. The average Bonchev–Trinajstić information content (AvgIpc) is 2.84. The standard InChI is InChI=1S/C15H21NOS/c1-3-12-4-7-15(10-16,8-5-12)14(17)13-11(2)6-9-18-13/h6,9,12,14,17H,3-5,7-8H2,1-2H3. The van der Waals surface area contributed by atoms with E-state index >= 15 is 0 Å². The minimum Gasteiger partial charge on any atom is -0.386 e. The van der Waals surface area contributed by atoms with E-state index in [0.717, 1.165) is 42.0 Å². The third-order valence-corrected chi connectivity index (χ3v) is 5.54. The van der Waals surface area contributed by atoms with Crippen molar-refractivity contribution in [1.82, 2.24) is 0 Å². The molecule has 0 spiro atoms. The summed E-state index contributed by atoms with van der Waals surface area (Å²) in [6.45, 7) is 4.22. The molecule has 1 aliphatic rings. The lowest BCUT2D eigenvalue weighted by molar-refractivity contribution is 0.0264. The number of thiophene rings is 1. The highest BCUT2D eigenvalue weighted by molar-refractivity contribution is 7.10. The van der Waals surface area contributed by atoms with E-state index in [9.17, 15) is 10.4 Å². The smallest absolute Gasteiger partial charge is 0.107 e. The topological polar surface area (TPSA) is 44.0 Å². The zero-order valence-electron chi connectivity index (χ0n) is 11.1. The molecule has 0 radical (unpaired) electrons. The molecule has 2 nitrogen and oxygen atoms in total. The van der Waals surface area contributed by atoms with Crippen LogP contribution in [0.5, 0.6) is 0 Å². The predicted molar refractivity (Wildman–Crippen MR) is 74.3 cm³/mol. The first kappa shape index (κ1) is 13.6. The van der Waals surface area contributed by atoms with Crippen LogP contribution in [0, 0.1) is 29.6 Å². The molecule has 98 valence electrons. The van der Waals surface area contributed by atoms with Gasteiger partial charge in [0.05, 0.1) is 11.5 Å². The van der Waals surface area contributed by atoms with Crippen LogP contribution in [-0.4, -0.2) is 5.11 Å². The highest BCUT2D eigenvalue weighted by Crippen LogP contribution is 2.49. The number of aliphatic hydroxyl groups excluding tert-OH is 1. The van der Waals surface area contributed by atoms with Gasteiger partial charge in [-0.1, -0.05) is 13.3 Å². The maximum Gasteiger partial charge on any atom is 0.107 e. The summed E-state index contributed by atoms with van der Waals surface area (Å²) in [5, 5.41) is 22.2. The summed E-state index contributed by atoms with van der Waals surface area (Å²) in [5.74, 6) is 0.739. The predicted octanol–water partition coefficient (Wildman–Crippen LogP) is 4.20. The second kappa shape index (κ2) is 5.42. The maximum atomic E-state index is 10.6. The van der Waals surface area contributed by atoms with Crippen LogP contribution in [0.3, 0.4) is 0 Å². The Hall–Kier alpha value is -0.850. The quantitative estimate of drug-likeness (QED) is 0.888. The van der Waals surface area contributed by atoms with Crippen molar-refractivity contribution in [3.05, 3.63) is 21.9 Å². The summed E-state index contributed by atoms with van der Waals surface area (Å²) < 4.78 is 0. The zero-order valence-corrected chi connectivity index (χ0v) is 12.0. The third-order valence-electron chi connectivity index (χ3n) is 4.47. The Morgan fingerprint density at radius 3 is 2.67 bits per heavy atom. The summed E-state index contributed by atoms with van der Waals surface area (Å²) >= 11 is 1.57. The molecule has 0 saturated heterocycles. The molecule has 1 saturated carbocycles. The van der Waals surface area contributed by atoms with Crippen molar-refractivity contribution < 1.29 is 5.11 Å². The van der Waals surface area contributed by atoms with Gasteiger partial charge in [-0.2, -0.15) is 5.26 Å². The Morgan fingerprint density at radius 2 is 2.22 bits per heavy atom. The number of aliphatic hydroxyl groups is 1. The van der Waals surface area contributed by atoms with Crippen molar-refractivity contribution in [2.24, 2.45) is 11.3 Å². The minimum absolute atomic E-state index is 0.554. The van der Waals surface area contributed by atoms with Crippen LogP contribution in [0.2, 0.25) is 0 Å². The molecule has 18 heavy (non-hydrogen) atoms. The monoisotopic (exact) mass is 263 g/mol. The van der Waals surface area contributed by atoms with Crippen molar-refractivity contribution >= 4 is 11.3 Å². The summed E-state index contributed by atoms with van der Waals surface area (Å²) in [5.41, 5.74) is 0.557. The maximum absolute atomic E-state index is 10.6. The molecule has 0 aromatic carbocycles. The molecule has 0 bridgehead atoms. The van der Waals surface area contributed by atoms with Crippen molar-refractivity contribution in [1.29, 1.82) is 5.26 Å². The van der Waals surface area contributed by atoms with E-state index in [-0.39, 0.29) is 0 Å². The summed E-state index contributed by atoms with van der Waals surface area (Å²) in [7, 11) is 0. The van der Waals surface area contributed by atoms with Crippen LogP contribution in [-0.2, 0) is 0 Å². The van der Waals surface area contributed by atoms with Gasteiger partial charge >= 0.3 is 0 Å². The Labute approximate surface area is 113 Å².